The summed E-state index contributed by atoms with van der Waals surface area (Å²) in [6.07, 6.45) is -0.0718. The van der Waals surface area contributed by atoms with Gasteiger partial charge in [0.25, 0.3) is 10.0 Å². The number of anilines is 2. The standard InChI is InChI=1S/C20H19N5O5S/c1-12-21-19(23-22-12)13-3-2-4-15(9-13)24-31(29,30)17-7-5-16(6-8-17)25-11-14(20(27)28)10-18(25)26/h2-9,14,24H,10-11H2,1H3,(H,27,28)(H,21,22,23). The number of carbonyl (C=O) groups is 2. The molecule has 1 aliphatic heterocycles. The lowest BCUT2D eigenvalue weighted by Crippen LogP contribution is -2.25. The molecule has 0 bridgehead atoms. The quantitative estimate of drug-likeness (QED) is 0.530. The van der Waals surface area contributed by atoms with Gasteiger partial charge in [-0.05, 0) is 43.3 Å². The van der Waals surface area contributed by atoms with Crippen molar-refractivity contribution < 1.29 is 23.1 Å². The van der Waals surface area contributed by atoms with Crippen LogP contribution in [0.2, 0.25) is 0 Å². The van der Waals surface area contributed by atoms with E-state index in [1.807, 2.05) is 0 Å². The van der Waals surface area contributed by atoms with Crippen molar-refractivity contribution >= 4 is 33.3 Å². The topological polar surface area (TPSA) is 145 Å². The van der Waals surface area contributed by atoms with E-state index in [0.717, 1.165) is 0 Å². The highest BCUT2D eigenvalue weighted by molar-refractivity contribution is 7.92. The van der Waals surface area contributed by atoms with E-state index in [1.54, 1.807) is 31.2 Å². The third-order valence-electron chi connectivity index (χ3n) is 4.90. The number of rotatable bonds is 6. The molecule has 31 heavy (non-hydrogen) atoms. The Morgan fingerprint density at radius 1 is 1.23 bits per heavy atom. The fourth-order valence-corrected chi connectivity index (χ4v) is 4.38. The average molecular weight is 441 g/mol. The smallest absolute Gasteiger partial charge is 0.308 e. The number of carbonyl (C=O) groups excluding carboxylic acids is 1. The number of amides is 1. The Balaban J connectivity index is 1.52. The number of aryl methyl sites for hydroxylation is 1. The van der Waals surface area contributed by atoms with Gasteiger partial charge < -0.3 is 10.0 Å². The molecule has 1 unspecified atom stereocenters. The molecule has 2 heterocycles. The first-order chi connectivity index (χ1) is 14.7. The molecule has 1 fully saturated rings. The fraction of sp³-hybridized carbons (Fsp3) is 0.200. The summed E-state index contributed by atoms with van der Waals surface area (Å²) in [6.45, 7) is 1.83. The Kier molecular flexibility index (Phi) is 5.19. The lowest BCUT2D eigenvalue weighted by molar-refractivity contribution is -0.141. The Morgan fingerprint density at radius 2 is 1.97 bits per heavy atom. The van der Waals surface area contributed by atoms with Gasteiger partial charge in [0.15, 0.2) is 5.82 Å². The number of carboxylic acid groups (broad SMARTS) is 1. The van der Waals surface area contributed by atoms with Crippen LogP contribution in [0.4, 0.5) is 11.4 Å². The lowest BCUT2D eigenvalue weighted by Gasteiger charge is -2.16. The van der Waals surface area contributed by atoms with E-state index < -0.39 is 21.9 Å². The number of aromatic amines is 1. The van der Waals surface area contributed by atoms with E-state index in [-0.39, 0.29) is 23.8 Å². The van der Waals surface area contributed by atoms with Crippen LogP contribution in [0.5, 0.6) is 0 Å². The molecule has 4 rings (SSSR count). The van der Waals surface area contributed by atoms with E-state index >= 15 is 0 Å². The zero-order chi connectivity index (χ0) is 22.2. The van der Waals surface area contributed by atoms with Crippen molar-refractivity contribution in [1.82, 2.24) is 15.2 Å². The van der Waals surface area contributed by atoms with Gasteiger partial charge in [-0.15, -0.1) is 0 Å². The first-order valence-corrected chi connectivity index (χ1v) is 10.9. The molecule has 160 valence electrons. The number of hydrogen-bond acceptors (Lipinski definition) is 6. The maximum absolute atomic E-state index is 12.8. The third-order valence-corrected chi connectivity index (χ3v) is 6.30. The molecule has 0 spiro atoms. The van der Waals surface area contributed by atoms with Gasteiger partial charge in [-0.3, -0.25) is 19.4 Å². The second kappa shape index (κ2) is 7.84. The summed E-state index contributed by atoms with van der Waals surface area (Å²) in [5.41, 5.74) is 1.46. The van der Waals surface area contributed by atoms with Gasteiger partial charge in [-0.1, -0.05) is 12.1 Å². The molecule has 3 aromatic rings. The number of H-pyrrole nitrogens is 1. The van der Waals surface area contributed by atoms with Gasteiger partial charge in [0.05, 0.1) is 10.8 Å². The number of benzene rings is 2. The van der Waals surface area contributed by atoms with Crippen LogP contribution < -0.4 is 9.62 Å². The molecule has 0 aliphatic carbocycles. The van der Waals surface area contributed by atoms with Gasteiger partial charge in [0.2, 0.25) is 5.91 Å². The minimum absolute atomic E-state index is 0.0109. The van der Waals surface area contributed by atoms with Crippen LogP contribution in [0.3, 0.4) is 0 Å². The molecule has 1 aromatic heterocycles. The molecule has 0 saturated carbocycles. The summed E-state index contributed by atoms with van der Waals surface area (Å²) in [7, 11) is -3.88. The Labute approximate surface area is 178 Å². The van der Waals surface area contributed by atoms with Crippen molar-refractivity contribution in [2.75, 3.05) is 16.2 Å². The Hall–Kier alpha value is -3.73. The number of nitrogens with one attached hydrogen (secondary N) is 2. The molecule has 11 heteroatoms. The average Bonchev–Trinajstić information content (AvgIpc) is 3.34. The predicted molar refractivity (Wildman–Crippen MR) is 112 cm³/mol. The first kappa shape index (κ1) is 20.5. The lowest BCUT2D eigenvalue weighted by atomic mass is 10.1. The number of aliphatic carboxylic acids is 1. The largest absolute Gasteiger partial charge is 0.481 e. The van der Waals surface area contributed by atoms with E-state index in [1.165, 1.54) is 29.2 Å². The second-order valence-electron chi connectivity index (χ2n) is 7.17. The number of nitrogens with zero attached hydrogens (tertiary/aromatic N) is 3. The normalized spacial score (nSPS) is 16.5. The Morgan fingerprint density at radius 3 is 2.58 bits per heavy atom. The minimum atomic E-state index is -3.88. The first-order valence-electron chi connectivity index (χ1n) is 9.38. The number of aromatic nitrogens is 3. The Bertz CT molecular complexity index is 1250. The maximum Gasteiger partial charge on any atom is 0.308 e. The van der Waals surface area contributed by atoms with Crippen molar-refractivity contribution in [3.05, 3.63) is 54.4 Å². The highest BCUT2D eigenvalue weighted by atomic mass is 32.2. The van der Waals surface area contributed by atoms with Gasteiger partial charge in [-0.25, -0.2) is 13.4 Å². The van der Waals surface area contributed by atoms with E-state index in [9.17, 15) is 18.0 Å². The van der Waals surface area contributed by atoms with Crippen LogP contribution in [-0.4, -0.2) is 47.1 Å². The summed E-state index contributed by atoms with van der Waals surface area (Å²) in [5.74, 6) is -0.996. The van der Waals surface area contributed by atoms with Crippen LogP contribution in [-0.2, 0) is 19.6 Å². The van der Waals surface area contributed by atoms with Crippen molar-refractivity contribution in [3.8, 4) is 11.4 Å². The van der Waals surface area contributed by atoms with E-state index in [2.05, 4.69) is 19.9 Å². The monoisotopic (exact) mass is 441 g/mol. The molecule has 10 nitrogen and oxygen atoms in total. The molecule has 2 aromatic carbocycles. The highest BCUT2D eigenvalue weighted by Gasteiger charge is 2.35. The van der Waals surface area contributed by atoms with Crippen molar-refractivity contribution in [2.24, 2.45) is 5.92 Å². The summed E-state index contributed by atoms with van der Waals surface area (Å²) < 4.78 is 28.1. The van der Waals surface area contributed by atoms with Gasteiger partial charge in [0, 0.05) is 29.9 Å². The SMILES string of the molecule is Cc1nc(-c2cccc(NS(=O)(=O)c3ccc(N4CC(C(=O)O)CC4=O)cc3)c2)n[nH]1. The molecular weight excluding hydrogens is 422 g/mol. The minimum Gasteiger partial charge on any atom is -0.481 e. The number of sulfonamides is 1. The summed E-state index contributed by atoms with van der Waals surface area (Å²) >= 11 is 0. The van der Waals surface area contributed by atoms with Crippen molar-refractivity contribution in [2.45, 2.75) is 18.2 Å². The maximum atomic E-state index is 12.8. The molecular formula is C20H19N5O5S. The van der Waals surface area contributed by atoms with Crippen LogP contribution >= 0.6 is 0 Å². The summed E-state index contributed by atoms with van der Waals surface area (Å²) in [4.78, 5) is 28.8. The van der Waals surface area contributed by atoms with E-state index in [4.69, 9.17) is 5.11 Å². The molecule has 0 radical (unpaired) electrons. The van der Waals surface area contributed by atoms with Gasteiger partial charge >= 0.3 is 5.97 Å². The molecule has 1 aliphatic rings. The van der Waals surface area contributed by atoms with Crippen molar-refractivity contribution in [3.63, 3.8) is 0 Å². The summed E-state index contributed by atoms with van der Waals surface area (Å²) in [5, 5.41) is 15.9. The molecule has 1 atom stereocenters. The van der Waals surface area contributed by atoms with Gasteiger partial charge in [0.1, 0.15) is 5.82 Å². The van der Waals surface area contributed by atoms with Crippen molar-refractivity contribution in [1.29, 1.82) is 0 Å². The highest BCUT2D eigenvalue weighted by Crippen LogP contribution is 2.27. The van der Waals surface area contributed by atoms with Gasteiger partial charge in [-0.2, -0.15) is 5.10 Å². The molecule has 3 N–H and O–H groups in total. The predicted octanol–water partition coefficient (Wildman–Crippen LogP) is 2.02. The summed E-state index contributed by atoms with van der Waals surface area (Å²) in [6, 6.07) is 12.4. The third kappa shape index (κ3) is 4.26. The van der Waals surface area contributed by atoms with Crippen LogP contribution in [0.1, 0.15) is 12.2 Å². The van der Waals surface area contributed by atoms with Crippen LogP contribution in [0.25, 0.3) is 11.4 Å². The molecule has 1 amide bonds. The zero-order valence-electron chi connectivity index (χ0n) is 16.4. The number of carboxylic acids is 1. The fourth-order valence-electron chi connectivity index (χ4n) is 3.34. The van der Waals surface area contributed by atoms with E-state index in [0.29, 0.717) is 28.6 Å². The van der Waals surface area contributed by atoms with Crippen LogP contribution in [0.15, 0.2) is 53.4 Å². The number of hydrogen-bond donors (Lipinski definition) is 3. The second-order valence-corrected chi connectivity index (χ2v) is 8.85. The zero-order valence-corrected chi connectivity index (χ0v) is 17.3. The molecule has 1 saturated heterocycles. The van der Waals surface area contributed by atoms with Crippen LogP contribution in [0, 0.1) is 12.8 Å².